The summed E-state index contributed by atoms with van der Waals surface area (Å²) in [6.07, 6.45) is 1.14. The first-order valence-electron chi connectivity index (χ1n) is 9.65. The molecule has 8 heteroatoms. The maximum absolute atomic E-state index is 4.44. The minimum atomic E-state index is 0. The third kappa shape index (κ3) is 5.27. The maximum atomic E-state index is 4.44. The van der Waals surface area contributed by atoms with E-state index in [0.29, 0.717) is 12.1 Å². The van der Waals surface area contributed by atoms with Gasteiger partial charge in [0, 0.05) is 81.6 Å². The van der Waals surface area contributed by atoms with Crippen molar-refractivity contribution in [3.8, 4) is 0 Å². The van der Waals surface area contributed by atoms with Crippen molar-refractivity contribution in [1.82, 2.24) is 20.4 Å². The van der Waals surface area contributed by atoms with E-state index in [1.54, 1.807) is 0 Å². The Hall–Kier alpha value is -0.580. The molecule has 0 aliphatic carbocycles. The Balaban J connectivity index is 0.00000210. The molecule has 4 saturated heterocycles. The molecular weight excluding hydrogens is 519 g/mol. The van der Waals surface area contributed by atoms with Crippen molar-refractivity contribution >= 4 is 51.6 Å². The summed E-state index contributed by atoms with van der Waals surface area (Å²) in [5.41, 5.74) is 1.29. The molecule has 2 bridgehead atoms. The van der Waals surface area contributed by atoms with Crippen molar-refractivity contribution in [2.75, 3.05) is 64.3 Å². The quantitative estimate of drug-likeness (QED) is 0.341. The van der Waals surface area contributed by atoms with Crippen LogP contribution in [-0.2, 0) is 0 Å². The molecule has 0 spiro atoms. The average Bonchev–Trinajstić information content (AvgIpc) is 3.15. The Morgan fingerprint density at radius 1 is 1.11 bits per heavy atom. The molecule has 5 rings (SSSR count). The van der Waals surface area contributed by atoms with Crippen LogP contribution >= 0.6 is 39.9 Å². The van der Waals surface area contributed by atoms with Crippen LogP contribution in [0.5, 0.6) is 0 Å². The van der Waals surface area contributed by atoms with Gasteiger partial charge in [-0.2, -0.15) is 0 Å². The van der Waals surface area contributed by atoms with Crippen LogP contribution in [0.15, 0.2) is 33.7 Å². The molecule has 0 radical (unpaired) electrons. The fourth-order valence-corrected chi connectivity index (χ4v) is 4.55. The molecule has 2 N–H and O–H groups in total. The Bertz CT molecular complexity index is 632. The fourth-order valence-electron chi connectivity index (χ4n) is 4.29. The predicted molar refractivity (Wildman–Crippen MR) is 126 cm³/mol. The molecule has 4 aliphatic rings. The summed E-state index contributed by atoms with van der Waals surface area (Å²) in [6, 6.07) is 9.64. The van der Waals surface area contributed by atoms with Gasteiger partial charge in [-0.05, 0) is 30.7 Å². The van der Waals surface area contributed by atoms with Gasteiger partial charge in [0.15, 0.2) is 5.96 Å². The van der Waals surface area contributed by atoms with Crippen molar-refractivity contribution in [2.45, 2.75) is 18.5 Å². The first-order valence-corrected chi connectivity index (χ1v) is 10.4. The Kier molecular flexibility index (Phi) is 7.64. The molecule has 2 atom stereocenters. The number of benzene rings is 1. The van der Waals surface area contributed by atoms with Gasteiger partial charge in [-0.15, -0.1) is 24.0 Å². The number of aliphatic imine (C=N–C) groups is 1. The lowest BCUT2D eigenvalue weighted by molar-refractivity contribution is 0.0154. The predicted octanol–water partition coefficient (Wildman–Crippen LogP) is 1.81. The second-order valence-electron chi connectivity index (χ2n) is 7.50. The van der Waals surface area contributed by atoms with Gasteiger partial charge in [-0.3, -0.25) is 14.8 Å². The molecule has 4 heterocycles. The summed E-state index contributed by atoms with van der Waals surface area (Å²) >= 11 is 3.51. The zero-order chi connectivity index (χ0) is 17.9. The molecule has 1 aromatic carbocycles. The Morgan fingerprint density at radius 2 is 1.85 bits per heavy atom. The number of fused-ring (bicyclic) bond motifs is 3. The smallest absolute Gasteiger partial charge is 0.191 e. The van der Waals surface area contributed by atoms with Crippen molar-refractivity contribution in [2.24, 2.45) is 4.99 Å². The molecule has 150 valence electrons. The van der Waals surface area contributed by atoms with Gasteiger partial charge in [-0.25, -0.2) is 0 Å². The van der Waals surface area contributed by atoms with Gasteiger partial charge in [0.25, 0.3) is 0 Å². The van der Waals surface area contributed by atoms with Crippen LogP contribution in [0.25, 0.3) is 0 Å². The molecule has 27 heavy (non-hydrogen) atoms. The number of halogens is 2. The minimum absolute atomic E-state index is 0. The van der Waals surface area contributed by atoms with Crippen LogP contribution in [0.2, 0.25) is 0 Å². The molecule has 2 unspecified atom stereocenters. The van der Waals surface area contributed by atoms with E-state index in [2.05, 4.69) is 70.5 Å². The first kappa shape index (κ1) is 21.1. The third-order valence-corrected chi connectivity index (χ3v) is 6.37. The van der Waals surface area contributed by atoms with Gasteiger partial charge in [-0.1, -0.05) is 15.9 Å². The minimum Gasteiger partial charge on any atom is -0.369 e. The van der Waals surface area contributed by atoms with Crippen molar-refractivity contribution in [1.29, 1.82) is 0 Å². The van der Waals surface area contributed by atoms with Crippen LogP contribution in [0.3, 0.4) is 0 Å². The lowest BCUT2D eigenvalue weighted by Gasteiger charge is -2.47. The van der Waals surface area contributed by atoms with Gasteiger partial charge in [0.2, 0.25) is 0 Å². The van der Waals surface area contributed by atoms with Crippen molar-refractivity contribution in [3.63, 3.8) is 0 Å². The van der Waals surface area contributed by atoms with E-state index in [1.807, 2.05) is 7.05 Å². The number of hydrogen-bond donors (Lipinski definition) is 2. The van der Waals surface area contributed by atoms with Crippen molar-refractivity contribution < 1.29 is 0 Å². The number of anilines is 1. The van der Waals surface area contributed by atoms with Gasteiger partial charge in [0.05, 0.1) is 0 Å². The Morgan fingerprint density at radius 3 is 2.48 bits per heavy atom. The summed E-state index contributed by atoms with van der Waals surface area (Å²) < 4.78 is 1.13. The number of guanidine groups is 1. The fraction of sp³-hybridized carbons (Fsp3) is 0.632. The van der Waals surface area contributed by atoms with E-state index in [9.17, 15) is 0 Å². The highest BCUT2D eigenvalue weighted by Gasteiger charge is 2.32. The highest BCUT2D eigenvalue weighted by atomic mass is 127. The monoisotopic (exact) mass is 548 g/mol. The van der Waals surface area contributed by atoms with Crippen LogP contribution < -0.4 is 15.5 Å². The summed E-state index contributed by atoms with van der Waals surface area (Å²) in [5, 5.41) is 7.18. The highest BCUT2D eigenvalue weighted by molar-refractivity contribution is 14.0. The molecule has 6 nitrogen and oxygen atoms in total. The van der Waals surface area contributed by atoms with Crippen molar-refractivity contribution in [3.05, 3.63) is 28.7 Å². The molecule has 1 aromatic rings. The van der Waals surface area contributed by atoms with E-state index < -0.39 is 0 Å². The van der Waals surface area contributed by atoms with Gasteiger partial charge in [0.1, 0.15) is 0 Å². The van der Waals surface area contributed by atoms with Crippen LogP contribution in [0.4, 0.5) is 5.69 Å². The van der Waals surface area contributed by atoms with Crippen LogP contribution in [-0.4, -0.2) is 87.2 Å². The second kappa shape index (κ2) is 9.76. The topological polar surface area (TPSA) is 46.1 Å². The molecule has 4 fully saturated rings. The average molecular weight is 549 g/mol. The summed E-state index contributed by atoms with van der Waals surface area (Å²) in [6.45, 7) is 9.15. The number of hydrogen-bond acceptors (Lipinski definition) is 4. The van der Waals surface area contributed by atoms with E-state index in [4.69, 9.17) is 0 Å². The van der Waals surface area contributed by atoms with Gasteiger partial charge >= 0.3 is 0 Å². The number of rotatable bonds is 4. The van der Waals surface area contributed by atoms with E-state index >= 15 is 0 Å². The summed E-state index contributed by atoms with van der Waals surface area (Å²) in [5.74, 6) is 0.935. The first-order chi connectivity index (χ1) is 12.7. The third-order valence-electron chi connectivity index (χ3n) is 5.84. The number of nitrogens with one attached hydrogen (secondary N) is 2. The van der Waals surface area contributed by atoms with Gasteiger partial charge < -0.3 is 15.5 Å². The maximum Gasteiger partial charge on any atom is 0.191 e. The van der Waals surface area contributed by atoms with Crippen LogP contribution in [0.1, 0.15) is 6.42 Å². The standard InChI is InChI=1S/C19H29BrN6.HI/c1-21-19(22-12-18-14-24-8-10-25(18)11-9-24)23-16-6-7-26(13-16)17-4-2-15(20)3-5-17;/h2-5,16,18H,6-14H2,1H3,(H2,21,22,23);1H. The molecule has 0 amide bonds. The van der Waals surface area contributed by atoms with E-state index in [0.717, 1.165) is 36.5 Å². The molecular formula is C19H30BrIN6. The number of piperazine rings is 3. The lowest BCUT2D eigenvalue weighted by atomic mass is 10.1. The molecule has 4 aliphatic heterocycles. The Labute approximate surface area is 187 Å². The normalized spacial score (nSPS) is 30.1. The lowest BCUT2D eigenvalue weighted by Crippen LogP contribution is -2.64. The molecule has 0 aromatic heterocycles. The highest BCUT2D eigenvalue weighted by Crippen LogP contribution is 2.22. The molecule has 0 saturated carbocycles. The summed E-state index contributed by atoms with van der Waals surface area (Å²) in [4.78, 5) is 12.1. The largest absolute Gasteiger partial charge is 0.369 e. The van der Waals surface area contributed by atoms with Crippen LogP contribution in [0, 0.1) is 0 Å². The number of nitrogens with zero attached hydrogens (tertiary/aromatic N) is 4. The zero-order valence-corrected chi connectivity index (χ0v) is 19.8. The van der Waals surface area contributed by atoms with E-state index in [-0.39, 0.29) is 24.0 Å². The SMILES string of the molecule is CN=C(NCC1CN2CCN1CC2)NC1CCN(c2ccc(Br)cc2)C1.I. The van der Waals surface area contributed by atoms with E-state index in [1.165, 1.54) is 38.4 Å². The summed E-state index contributed by atoms with van der Waals surface area (Å²) in [7, 11) is 1.87. The second-order valence-corrected chi connectivity index (χ2v) is 8.41. The zero-order valence-electron chi connectivity index (χ0n) is 15.9.